The Morgan fingerprint density at radius 3 is 2.74 bits per heavy atom. The minimum absolute atomic E-state index is 0.414. The second-order valence-corrected chi connectivity index (χ2v) is 7.32. The van der Waals surface area contributed by atoms with Gasteiger partial charge in [-0.25, -0.2) is 0 Å². The first-order valence-corrected chi connectivity index (χ1v) is 9.32. The highest BCUT2D eigenvalue weighted by Crippen LogP contribution is 2.33. The SMILES string of the molecule is CC(c1c[nH]c2ccc(OC3CCCCC3)cc12)C1CCCN1. The highest BCUT2D eigenvalue weighted by atomic mass is 16.5. The van der Waals surface area contributed by atoms with Crippen molar-refractivity contribution in [2.75, 3.05) is 6.54 Å². The van der Waals surface area contributed by atoms with Crippen molar-refractivity contribution in [2.24, 2.45) is 0 Å². The van der Waals surface area contributed by atoms with Crippen molar-refractivity contribution in [1.29, 1.82) is 0 Å². The van der Waals surface area contributed by atoms with Gasteiger partial charge in [0.25, 0.3) is 0 Å². The third-order valence-electron chi connectivity index (χ3n) is 5.73. The molecule has 2 aromatic rings. The van der Waals surface area contributed by atoms with Crippen LogP contribution in [0.3, 0.4) is 0 Å². The first kappa shape index (κ1) is 15.1. The third kappa shape index (κ3) is 3.12. The number of ether oxygens (including phenoxy) is 1. The molecule has 1 aliphatic carbocycles. The summed E-state index contributed by atoms with van der Waals surface area (Å²) in [7, 11) is 0. The predicted octanol–water partition coefficient (Wildman–Crippen LogP) is 4.73. The maximum Gasteiger partial charge on any atom is 0.120 e. The fourth-order valence-corrected chi connectivity index (χ4v) is 4.30. The van der Waals surface area contributed by atoms with Crippen LogP contribution < -0.4 is 10.1 Å². The monoisotopic (exact) mass is 312 g/mol. The normalized spacial score (nSPS) is 24.1. The summed E-state index contributed by atoms with van der Waals surface area (Å²) in [6.07, 6.45) is 11.6. The molecule has 0 bridgehead atoms. The van der Waals surface area contributed by atoms with Gasteiger partial charge in [0.1, 0.15) is 5.75 Å². The zero-order chi connectivity index (χ0) is 15.6. The van der Waals surface area contributed by atoms with Crippen LogP contribution in [0, 0.1) is 0 Å². The van der Waals surface area contributed by atoms with Crippen molar-refractivity contribution in [3.05, 3.63) is 30.0 Å². The summed E-state index contributed by atoms with van der Waals surface area (Å²) in [5, 5.41) is 4.98. The van der Waals surface area contributed by atoms with Gasteiger partial charge < -0.3 is 15.0 Å². The van der Waals surface area contributed by atoms with E-state index in [0.29, 0.717) is 18.1 Å². The lowest BCUT2D eigenvalue weighted by Gasteiger charge is -2.23. The Balaban J connectivity index is 1.57. The van der Waals surface area contributed by atoms with Crippen molar-refractivity contribution in [2.45, 2.75) is 69.9 Å². The number of fused-ring (bicyclic) bond motifs is 1. The molecule has 1 aromatic carbocycles. The molecule has 124 valence electrons. The molecule has 2 aliphatic rings. The first-order chi connectivity index (χ1) is 11.3. The van der Waals surface area contributed by atoms with Gasteiger partial charge >= 0.3 is 0 Å². The minimum atomic E-state index is 0.414. The molecule has 2 heterocycles. The van der Waals surface area contributed by atoms with Crippen LogP contribution in [0.1, 0.15) is 63.4 Å². The summed E-state index contributed by atoms with van der Waals surface area (Å²) < 4.78 is 6.26. The summed E-state index contributed by atoms with van der Waals surface area (Å²) >= 11 is 0. The van der Waals surface area contributed by atoms with Crippen molar-refractivity contribution in [3.63, 3.8) is 0 Å². The van der Waals surface area contributed by atoms with E-state index in [4.69, 9.17) is 4.74 Å². The average molecular weight is 312 g/mol. The summed E-state index contributed by atoms with van der Waals surface area (Å²) in [6.45, 7) is 3.51. The Kier molecular flexibility index (Phi) is 4.30. The van der Waals surface area contributed by atoms with Gasteiger partial charge in [-0.1, -0.05) is 13.3 Å². The molecule has 1 aliphatic heterocycles. The van der Waals surface area contributed by atoms with Gasteiger partial charge in [0, 0.05) is 23.1 Å². The molecule has 1 saturated heterocycles. The van der Waals surface area contributed by atoms with Crippen molar-refractivity contribution in [1.82, 2.24) is 10.3 Å². The molecule has 1 saturated carbocycles. The summed E-state index contributed by atoms with van der Waals surface area (Å²) in [6, 6.07) is 7.15. The zero-order valence-corrected chi connectivity index (χ0v) is 14.1. The highest BCUT2D eigenvalue weighted by Gasteiger charge is 2.24. The van der Waals surface area contributed by atoms with Crippen molar-refractivity contribution < 1.29 is 4.74 Å². The Morgan fingerprint density at radius 1 is 1.09 bits per heavy atom. The molecular weight excluding hydrogens is 284 g/mol. The number of benzene rings is 1. The van der Waals surface area contributed by atoms with E-state index >= 15 is 0 Å². The van der Waals surface area contributed by atoms with Gasteiger partial charge in [-0.3, -0.25) is 0 Å². The molecule has 3 heteroatoms. The van der Waals surface area contributed by atoms with E-state index in [1.165, 1.54) is 61.4 Å². The van der Waals surface area contributed by atoms with Crippen LogP contribution in [-0.4, -0.2) is 23.7 Å². The molecule has 0 spiro atoms. The number of hydrogen-bond acceptors (Lipinski definition) is 2. The van der Waals surface area contributed by atoms with Gasteiger partial charge in [-0.15, -0.1) is 0 Å². The number of aromatic nitrogens is 1. The van der Waals surface area contributed by atoms with Crippen LogP contribution in [0.15, 0.2) is 24.4 Å². The Bertz CT molecular complexity index is 651. The third-order valence-corrected chi connectivity index (χ3v) is 5.73. The van der Waals surface area contributed by atoms with E-state index in [9.17, 15) is 0 Å². The first-order valence-electron chi connectivity index (χ1n) is 9.32. The van der Waals surface area contributed by atoms with Gasteiger partial charge in [0.2, 0.25) is 0 Å². The van der Waals surface area contributed by atoms with Crippen molar-refractivity contribution >= 4 is 10.9 Å². The molecular formula is C20H28N2O. The van der Waals surface area contributed by atoms with Crippen LogP contribution in [0.5, 0.6) is 5.75 Å². The second-order valence-electron chi connectivity index (χ2n) is 7.32. The number of rotatable bonds is 4. The van der Waals surface area contributed by atoms with Crippen molar-refractivity contribution in [3.8, 4) is 5.75 Å². The molecule has 1 aromatic heterocycles. The molecule has 3 nitrogen and oxygen atoms in total. The molecule has 2 N–H and O–H groups in total. The van der Waals surface area contributed by atoms with Crippen LogP contribution in [0.25, 0.3) is 10.9 Å². The topological polar surface area (TPSA) is 37.0 Å². The van der Waals surface area contributed by atoms with E-state index in [1.54, 1.807) is 0 Å². The number of nitrogens with one attached hydrogen (secondary N) is 2. The largest absolute Gasteiger partial charge is 0.490 e. The quantitative estimate of drug-likeness (QED) is 0.856. The molecule has 0 radical (unpaired) electrons. The fourth-order valence-electron chi connectivity index (χ4n) is 4.30. The second kappa shape index (κ2) is 6.56. The Labute approximate surface area is 138 Å². The molecule has 2 unspecified atom stereocenters. The zero-order valence-electron chi connectivity index (χ0n) is 14.1. The lowest BCUT2D eigenvalue weighted by Crippen LogP contribution is -2.27. The van der Waals surface area contributed by atoms with Gasteiger partial charge in [-0.2, -0.15) is 0 Å². The summed E-state index contributed by atoms with van der Waals surface area (Å²) in [5.74, 6) is 1.58. The lowest BCUT2D eigenvalue weighted by molar-refractivity contribution is 0.155. The standard InChI is InChI=1S/C20H28N2O/c1-14(19-8-5-11-21-19)18-13-22-20-10-9-16(12-17(18)20)23-15-6-3-2-4-7-15/h9-10,12-15,19,21-22H,2-8,11H2,1H3. The van der Waals surface area contributed by atoms with E-state index in [0.717, 1.165) is 12.3 Å². The highest BCUT2D eigenvalue weighted by molar-refractivity contribution is 5.85. The van der Waals surface area contributed by atoms with Crippen LogP contribution in [-0.2, 0) is 0 Å². The lowest BCUT2D eigenvalue weighted by atomic mass is 9.92. The summed E-state index contributed by atoms with van der Waals surface area (Å²) in [4.78, 5) is 3.44. The van der Waals surface area contributed by atoms with Crippen LogP contribution in [0.4, 0.5) is 0 Å². The Hall–Kier alpha value is -1.48. The molecule has 23 heavy (non-hydrogen) atoms. The van der Waals surface area contributed by atoms with Gasteiger partial charge in [0.15, 0.2) is 0 Å². The molecule has 2 atom stereocenters. The average Bonchev–Trinajstić information content (AvgIpc) is 3.25. The molecule has 0 amide bonds. The van der Waals surface area contributed by atoms with Crippen LogP contribution >= 0.6 is 0 Å². The maximum atomic E-state index is 6.26. The number of aromatic amines is 1. The van der Waals surface area contributed by atoms with Crippen LogP contribution in [0.2, 0.25) is 0 Å². The van der Waals surface area contributed by atoms with E-state index in [1.807, 2.05) is 0 Å². The minimum Gasteiger partial charge on any atom is -0.490 e. The van der Waals surface area contributed by atoms with E-state index in [2.05, 4.69) is 41.6 Å². The fraction of sp³-hybridized carbons (Fsp3) is 0.600. The maximum absolute atomic E-state index is 6.26. The molecule has 2 fully saturated rings. The predicted molar refractivity (Wildman–Crippen MR) is 95.2 cm³/mol. The van der Waals surface area contributed by atoms with Gasteiger partial charge in [0.05, 0.1) is 6.10 Å². The summed E-state index contributed by atoms with van der Waals surface area (Å²) in [5.41, 5.74) is 2.65. The van der Waals surface area contributed by atoms with E-state index in [-0.39, 0.29) is 0 Å². The van der Waals surface area contributed by atoms with Gasteiger partial charge in [-0.05, 0) is 74.8 Å². The smallest absolute Gasteiger partial charge is 0.120 e. The number of hydrogen-bond donors (Lipinski definition) is 2. The Morgan fingerprint density at radius 2 is 1.96 bits per heavy atom. The number of H-pyrrole nitrogens is 1. The van der Waals surface area contributed by atoms with E-state index < -0.39 is 0 Å². The molecule has 4 rings (SSSR count).